The van der Waals surface area contributed by atoms with Gasteiger partial charge in [-0.15, -0.1) is 0 Å². The van der Waals surface area contributed by atoms with Crippen LogP contribution in [-0.4, -0.2) is 19.1 Å². The van der Waals surface area contributed by atoms with Gasteiger partial charge in [-0.25, -0.2) is 17.6 Å². The van der Waals surface area contributed by atoms with Crippen LogP contribution >= 0.6 is 0 Å². The van der Waals surface area contributed by atoms with Crippen LogP contribution in [0.15, 0.2) is 6.07 Å². The van der Waals surface area contributed by atoms with Crippen molar-refractivity contribution in [2.24, 2.45) is 5.73 Å². The minimum absolute atomic E-state index is 0.0786. The number of halogens is 4. The lowest BCUT2D eigenvalue weighted by Crippen LogP contribution is -2.29. The Hall–Kier alpha value is -1.14. The molecule has 0 saturated carbocycles. The summed E-state index contributed by atoms with van der Waals surface area (Å²) in [5.74, 6) is -5.94. The van der Waals surface area contributed by atoms with E-state index in [0.717, 1.165) is 0 Å². The first kappa shape index (κ1) is 12.3. The van der Waals surface area contributed by atoms with Crippen LogP contribution in [0.25, 0.3) is 0 Å². The molecule has 2 nitrogen and oxygen atoms in total. The van der Waals surface area contributed by atoms with E-state index in [-0.39, 0.29) is 18.7 Å². The molecular formula is C11H12F4N2. The number of benzene rings is 1. The highest BCUT2D eigenvalue weighted by Gasteiger charge is 2.31. The lowest BCUT2D eigenvalue weighted by molar-refractivity contribution is 0.428. The molecule has 1 aromatic rings. The highest BCUT2D eigenvalue weighted by atomic mass is 19.2. The molecule has 17 heavy (non-hydrogen) atoms. The SMILES string of the molecule is NCC1C[C@H](c2c(F)c(F)cc(F)c2F)CN1. The third-order valence-electron chi connectivity index (χ3n) is 3.06. The molecule has 1 heterocycles. The average molecular weight is 248 g/mol. The molecule has 0 bridgehead atoms. The van der Waals surface area contributed by atoms with E-state index >= 15 is 0 Å². The van der Waals surface area contributed by atoms with Gasteiger partial charge in [-0.3, -0.25) is 0 Å². The van der Waals surface area contributed by atoms with Crippen molar-refractivity contribution in [1.82, 2.24) is 5.32 Å². The molecule has 1 aliphatic heterocycles. The van der Waals surface area contributed by atoms with Gasteiger partial charge in [0.05, 0.1) is 0 Å². The molecule has 0 spiro atoms. The average Bonchev–Trinajstić information content (AvgIpc) is 2.75. The molecule has 1 saturated heterocycles. The molecule has 0 aromatic heterocycles. The number of nitrogens with two attached hydrogens (primary N) is 1. The van der Waals surface area contributed by atoms with Crippen molar-refractivity contribution < 1.29 is 17.6 Å². The largest absolute Gasteiger partial charge is 0.329 e. The smallest absolute Gasteiger partial charge is 0.165 e. The Bertz CT molecular complexity index is 410. The van der Waals surface area contributed by atoms with Gasteiger partial charge in [0.15, 0.2) is 23.3 Å². The Morgan fingerprint density at radius 3 is 2.24 bits per heavy atom. The fourth-order valence-electron chi connectivity index (χ4n) is 2.17. The zero-order valence-electron chi connectivity index (χ0n) is 8.94. The topological polar surface area (TPSA) is 38.0 Å². The van der Waals surface area contributed by atoms with Gasteiger partial charge < -0.3 is 11.1 Å². The molecule has 1 aromatic carbocycles. The van der Waals surface area contributed by atoms with Crippen LogP contribution in [0.5, 0.6) is 0 Å². The lowest BCUT2D eigenvalue weighted by Gasteiger charge is -2.12. The van der Waals surface area contributed by atoms with Crippen LogP contribution in [0.4, 0.5) is 17.6 Å². The highest BCUT2D eigenvalue weighted by Crippen LogP contribution is 2.31. The second kappa shape index (κ2) is 4.62. The van der Waals surface area contributed by atoms with Crippen molar-refractivity contribution in [2.45, 2.75) is 18.4 Å². The van der Waals surface area contributed by atoms with Crippen LogP contribution in [0.1, 0.15) is 17.9 Å². The molecule has 1 unspecified atom stereocenters. The van der Waals surface area contributed by atoms with Gasteiger partial charge >= 0.3 is 0 Å². The molecule has 1 fully saturated rings. The summed E-state index contributed by atoms with van der Waals surface area (Å²) in [4.78, 5) is 0. The number of hydrogen-bond donors (Lipinski definition) is 2. The fraction of sp³-hybridized carbons (Fsp3) is 0.455. The summed E-state index contributed by atoms with van der Waals surface area (Å²) in [7, 11) is 0. The van der Waals surface area contributed by atoms with Gasteiger partial charge in [-0.05, 0) is 6.42 Å². The zero-order chi connectivity index (χ0) is 12.6. The monoisotopic (exact) mass is 248 g/mol. The van der Waals surface area contributed by atoms with Gasteiger partial charge in [0.2, 0.25) is 0 Å². The van der Waals surface area contributed by atoms with Crippen LogP contribution in [0, 0.1) is 23.3 Å². The highest BCUT2D eigenvalue weighted by molar-refractivity contribution is 5.27. The Labute approximate surface area is 95.8 Å². The van der Waals surface area contributed by atoms with E-state index in [4.69, 9.17) is 5.73 Å². The van der Waals surface area contributed by atoms with Crippen molar-refractivity contribution in [3.63, 3.8) is 0 Å². The third kappa shape index (κ3) is 2.14. The molecule has 1 aliphatic rings. The predicted octanol–water partition coefficient (Wildman–Crippen LogP) is 1.65. The van der Waals surface area contributed by atoms with Crippen molar-refractivity contribution >= 4 is 0 Å². The second-order valence-corrected chi connectivity index (χ2v) is 4.16. The first-order chi connectivity index (χ1) is 8.04. The molecule has 2 atom stereocenters. The number of hydrogen-bond acceptors (Lipinski definition) is 2. The van der Waals surface area contributed by atoms with Gasteiger partial charge in [0, 0.05) is 36.7 Å². The van der Waals surface area contributed by atoms with E-state index in [1.165, 1.54) is 0 Å². The quantitative estimate of drug-likeness (QED) is 0.617. The van der Waals surface area contributed by atoms with Gasteiger partial charge in [-0.1, -0.05) is 0 Å². The molecule has 3 N–H and O–H groups in total. The van der Waals surface area contributed by atoms with Gasteiger partial charge in [0.25, 0.3) is 0 Å². The maximum absolute atomic E-state index is 13.5. The number of nitrogens with one attached hydrogen (secondary N) is 1. The maximum atomic E-state index is 13.5. The summed E-state index contributed by atoms with van der Waals surface area (Å²) in [6, 6.07) is 0.141. The van der Waals surface area contributed by atoms with E-state index < -0.39 is 34.8 Å². The summed E-state index contributed by atoms with van der Waals surface area (Å²) in [5, 5.41) is 2.94. The molecule has 94 valence electrons. The second-order valence-electron chi connectivity index (χ2n) is 4.16. The van der Waals surface area contributed by atoms with Gasteiger partial charge in [-0.2, -0.15) is 0 Å². The van der Waals surface area contributed by atoms with Crippen molar-refractivity contribution in [1.29, 1.82) is 0 Å². The van der Waals surface area contributed by atoms with E-state index in [1.54, 1.807) is 0 Å². The van der Waals surface area contributed by atoms with Crippen LogP contribution in [-0.2, 0) is 0 Å². The summed E-state index contributed by atoms with van der Waals surface area (Å²) in [6.45, 7) is 0.579. The minimum atomic E-state index is -1.37. The Morgan fingerprint density at radius 2 is 1.76 bits per heavy atom. The summed E-state index contributed by atoms with van der Waals surface area (Å²) >= 11 is 0. The molecule has 6 heteroatoms. The molecule has 0 radical (unpaired) electrons. The van der Waals surface area contributed by atoms with E-state index in [2.05, 4.69) is 5.32 Å². The van der Waals surface area contributed by atoms with E-state index in [0.29, 0.717) is 13.0 Å². The molecular weight excluding hydrogens is 236 g/mol. The summed E-state index contributed by atoms with van der Waals surface area (Å²) in [5.41, 5.74) is 4.89. The first-order valence-electron chi connectivity index (χ1n) is 5.31. The van der Waals surface area contributed by atoms with Gasteiger partial charge in [0.1, 0.15) is 0 Å². The molecule has 2 rings (SSSR count). The van der Waals surface area contributed by atoms with Crippen molar-refractivity contribution in [3.8, 4) is 0 Å². The van der Waals surface area contributed by atoms with Crippen molar-refractivity contribution in [2.75, 3.05) is 13.1 Å². The standard InChI is InChI=1S/C11H12F4N2/c12-7-2-8(13)11(15)9(10(7)14)5-1-6(3-16)17-4-5/h2,5-6,17H,1,3-4,16H2/t5-,6?/m0/s1. The Balaban J connectivity index is 2.38. The predicted molar refractivity (Wildman–Crippen MR) is 54.5 cm³/mol. The third-order valence-corrected chi connectivity index (χ3v) is 3.06. The summed E-state index contributed by atoms with van der Waals surface area (Å²) in [6.07, 6.45) is 0.368. The van der Waals surface area contributed by atoms with E-state index in [9.17, 15) is 17.6 Å². The lowest BCUT2D eigenvalue weighted by atomic mass is 9.95. The van der Waals surface area contributed by atoms with Crippen LogP contribution in [0.2, 0.25) is 0 Å². The van der Waals surface area contributed by atoms with Crippen LogP contribution < -0.4 is 11.1 Å². The molecule has 0 amide bonds. The molecule has 0 aliphatic carbocycles. The zero-order valence-corrected chi connectivity index (χ0v) is 8.94. The Morgan fingerprint density at radius 1 is 1.18 bits per heavy atom. The fourth-order valence-corrected chi connectivity index (χ4v) is 2.17. The normalized spacial score (nSPS) is 24.3. The first-order valence-corrected chi connectivity index (χ1v) is 5.31. The number of rotatable bonds is 2. The van der Waals surface area contributed by atoms with Crippen molar-refractivity contribution in [3.05, 3.63) is 34.9 Å². The minimum Gasteiger partial charge on any atom is -0.329 e. The maximum Gasteiger partial charge on any atom is 0.165 e. The summed E-state index contributed by atoms with van der Waals surface area (Å²) < 4.78 is 53.0. The van der Waals surface area contributed by atoms with E-state index in [1.807, 2.05) is 0 Å². The Kier molecular flexibility index (Phi) is 3.35. The van der Waals surface area contributed by atoms with Crippen LogP contribution in [0.3, 0.4) is 0 Å².